The van der Waals surface area contributed by atoms with Crippen LogP contribution in [0.2, 0.25) is 6.04 Å². The minimum Gasteiger partial charge on any atom is -0.394 e. The molecular formula is C11H27NO2Si. The standard InChI is InChI=1S/C11H27NO2Si/c1-5-9-10-12-11-15(8-4,13-6-2)14-7-3/h12H,5-11H2,1-4H3. The first-order valence-electron chi connectivity index (χ1n) is 6.23. The van der Waals surface area contributed by atoms with Gasteiger partial charge in [0.05, 0.1) is 0 Å². The molecule has 0 unspecified atom stereocenters. The molecule has 0 rings (SSSR count). The van der Waals surface area contributed by atoms with E-state index in [0.29, 0.717) is 0 Å². The zero-order valence-electron chi connectivity index (χ0n) is 10.8. The molecule has 0 bridgehead atoms. The Kier molecular flexibility index (Phi) is 9.39. The highest BCUT2D eigenvalue weighted by atomic mass is 28.4. The smallest absolute Gasteiger partial charge is 0.352 e. The molecule has 0 radical (unpaired) electrons. The second kappa shape index (κ2) is 9.33. The largest absolute Gasteiger partial charge is 0.394 e. The zero-order valence-corrected chi connectivity index (χ0v) is 11.8. The number of hydrogen-bond donors (Lipinski definition) is 1. The lowest BCUT2D eigenvalue weighted by atomic mass is 10.3. The van der Waals surface area contributed by atoms with E-state index >= 15 is 0 Å². The Balaban J connectivity index is 3.96. The summed E-state index contributed by atoms with van der Waals surface area (Å²) in [7, 11) is -1.93. The van der Waals surface area contributed by atoms with E-state index in [1.54, 1.807) is 0 Å². The van der Waals surface area contributed by atoms with E-state index in [0.717, 1.165) is 32.0 Å². The third kappa shape index (κ3) is 6.30. The average Bonchev–Trinajstić information content (AvgIpc) is 2.25. The molecule has 1 N–H and O–H groups in total. The number of hydrogen-bond acceptors (Lipinski definition) is 3. The van der Waals surface area contributed by atoms with Crippen LogP contribution in [0.4, 0.5) is 0 Å². The van der Waals surface area contributed by atoms with E-state index in [2.05, 4.69) is 19.2 Å². The Labute approximate surface area is 95.8 Å². The van der Waals surface area contributed by atoms with Crippen molar-refractivity contribution in [1.82, 2.24) is 5.32 Å². The van der Waals surface area contributed by atoms with Crippen LogP contribution >= 0.6 is 0 Å². The van der Waals surface area contributed by atoms with E-state index < -0.39 is 8.56 Å². The van der Waals surface area contributed by atoms with E-state index in [1.807, 2.05) is 13.8 Å². The second-order valence-electron chi connectivity index (χ2n) is 3.66. The van der Waals surface area contributed by atoms with Crippen molar-refractivity contribution in [3.05, 3.63) is 0 Å². The lowest BCUT2D eigenvalue weighted by Crippen LogP contribution is -2.51. The second-order valence-corrected chi connectivity index (χ2v) is 7.12. The molecule has 0 saturated carbocycles. The average molecular weight is 233 g/mol. The molecule has 15 heavy (non-hydrogen) atoms. The molecule has 0 aliphatic carbocycles. The Morgan fingerprint density at radius 2 is 1.60 bits per heavy atom. The first kappa shape index (κ1) is 15.1. The molecule has 4 heteroatoms. The van der Waals surface area contributed by atoms with E-state index in [1.165, 1.54) is 12.8 Å². The Morgan fingerprint density at radius 3 is 2.00 bits per heavy atom. The highest BCUT2D eigenvalue weighted by Crippen LogP contribution is 2.12. The minimum absolute atomic E-state index is 0.759. The van der Waals surface area contributed by atoms with E-state index in [9.17, 15) is 0 Å². The monoisotopic (exact) mass is 233 g/mol. The fourth-order valence-electron chi connectivity index (χ4n) is 1.58. The van der Waals surface area contributed by atoms with Gasteiger partial charge in [0.15, 0.2) is 0 Å². The van der Waals surface area contributed by atoms with Crippen LogP contribution in [-0.2, 0) is 8.85 Å². The van der Waals surface area contributed by atoms with Gasteiger partial charge in [-0.25, -0.2) is 0 Å². The fraction of sp³-hybridized carbons (Fsp3) is 1.00. The summed E-state index contributed by atoms with van der Waals surface area (Å²) >= 11 is 0. The van der Waals surface area contributed by atoms with Crippen LogP contribution in [0, 0.1) is 0 Å². The first-order valence-corrected chi connectivity index (χ1v) is 8.46. The van der Waals surface area contributed by atoms with Gasteiger partial charge in [0.25, 0.3) is 0 Å². The van der Waals surface area contributed by atoms with Crippen molar-refractivity contribution in [2.24, 2.45) is 0 Å². The van der Waals surface area contributed by atoms with Crippen LogP contribution in [0.1, 0.15) is 40.5 Å². The third-order valence-corrected chi connectivity index (χ3v) is 5.95. The van der Waals surface area contributed by atoms with Crippen molar-refractivity contribution in [1.29, 1.82) is 0 Å². The molecule has 0 fully saturated rings. The van der Waals surface area contributed by atoms with Crippen LogP contribution in [-0.4, -0.2) is 34.5 Å². The van der Waals surface area contributed by atoms with Gasteiger partial charge >= 0.3 is 8.56 Å². The summed E-state index contributed by atoms with van der Waals surface area (Å²) in [5, 5.41) is 3.46. The predicted molar refractivity (Wildman–Crippen MR) is 67.3 cm³/mol. The van der Waals surface area contributed by atoms with E-state index in [-0.39, 0.29) is 0 Å². The van der Waals surface area contributed by atoms with Crippen molar-refractivity contribution in [3.63, 3.8) is 0 Å². The van der Waals surface area contributed by atoms with Gasteiger partial charge in [0.2, 0.25) is 0 Å². The van der Waals surface area contributed by atoms with Crippen molar-refractivity contribution in [2.75, 3.05) is 25.9 Å². The maximum absolute atomic E-state index is 5.85. The summed E-state index contributed by atoms with van der Waals surface area (Å²) in [6.45, 7) is 11.1. The number of nitrogens with one attached hydrogen (secondary N) is 1. The zero-order chi connectivity index (χ0) is 11.6. The summed E-state index contributed by atoms with van der Waals surface area (Å²) in [5.41, 5.74) is 0. The van der Waals surface area contributed by atoms with Gasteiger partial charge in [-0.2, -0.15) is 0 Å². The first-order chi connectivity index (χ1) is 7.24. The number of rotatable bonds is 10. The van der Waals surface area contributed by atoms with Crippen LogP contribution in [0.5, 0.6) is 0 Å². The molecule has 0 spiro atoms. The summed E-state index contributed by atoms with van der Waals surface area (Å²) in [6.07, 6.45) is 3.38. The molecule has 0 aliphatic rings. The maximum Gasteiger partial charge on any atom is 0.352 e. The molecule has 0 atom stereocenters. The van der Waals surface area contributed by atoms with Crippen molar-refractivity contribution >= 4 is 8.56 Å². The minimum atomic E-state index is -1.93. The van der Waals surface area contributed by atoms with Gasteiger partial charge < -0.3 is 14.2 Å². The van der Waals surface area contributed by atoms with Gasteiger partial charge in [-0.3, -0.25) is 0 Å². The Bertz CT molecular complexity index is 139. The molecule has 3 nitrogen and oxygen atoms in total. The molecule has 0 aromatic carbocycles. The molecule has 0 saturated heterocycles. The highest BCUT2D eigenvalue weighted by molar-refractivity contribution is 6.67. The number of unbranched alkanes of at least 4 members (excludes halogenated alkanes) is 1. The molecule has 0 aromatic rings. The van der Waals surface area contributed by atoms with Gasteiger partial charge in [-0.1, -0.05) is 20.3 Å². The normalized spacial score (nSPS) is 12.0. The highest BCUT2D eigenvalue weighted by Gasteiger charge is 2.34. The SMILES string of the molecule is CCCCNC[Si](CC)(OCC)OCC. The third-order valence-electron chi connectivity index (χ3n) is 2.45. The van der Waals surface area contributed by atoms with Gasteiger partial charge in [0.1, 0.15) is 0 Å². The van der Waals surface area contributed by atoms with Gasteiger partial charge in [0, 0.05) is 19.4 Å². The van der Waals surface area contributed by atoms with Gasteiger partial charge in [-0.15, -0.1) is 0 Å². The maximum atomic E-state index is 5.85. The molecule has 0 aromatic heterocycles. The summed E-state index contributed by atoms with van der Waals surface area (Å²) in [6, 6.07) is 1.02. The Hall–Kier alpha value is 0.0969. The summed E-state index contributed by atoms with van der Waals surface area (Å²) in [5.74, 6) is 0. The fourth-order valence-corrected chi connectivity index (χ4v) is 4.14. The Morgan fingerprint density at radius 1 is 1.00 bits per heavy atom. The van der Waals surface area contributed by atoms with E-state index in [4.69, 9.17) is 8.85 Å². The quantitative estimate of drug-likeness (QED) is 0.464. The van der Waals surface area contributed by atoms with Crippen molar-refractivity contribution in [3.8, 4) is 0 Å². The molecule has 0 heterocycles. The van der Waals surface area contributed by atoms with Crippen LogP contribution in [0.15, 0.2) is 0 Å². The lowest BCUT2D eigenvalue weighted by Gasteiger charge is -2.29. The predicted octanol–water partition coefficient (Wildman–Crippen LogP) is 2.45. The van der Waals surface area contributed by atoms with Crippen molar-refractivity contribution in [2.45, 2.75) is 46.6 Å². The van der Waals surface area contributed by atoms with Crippen LogP contribution in [0.3, 0.4) is 0 Å². The van der Waals surface area contributed by atoms with Crippen molar-refractivity contribution < 1.29 is 8.85 Å². The van der Waals surface area contributed by atoms with Crippen LogP contribution in [0.25, 0.3) is 0 Å². The molecular weight excluding hydrogens is 206 g/mol. The topological polar surface area (TPSA) is 30.5 Å². The summed E-state index contributed by atoms with van der Waals surface area (Å²) < 4.78 is 11.7. The molecule has 0 amide bonds. The van der Waals surface area contributed by atoms with Crippen LogP contribution < -0.4 is 5.32 Å². The molecule has 92 valence electrons. The summed E-state index contributed by atoms with van der Waals surface area (Å²) in [4.78, 5) is 0. The molecule has 0 aliphatic heterocycles. The lowest BCUT2D eigenvalue weighted by molar-refractivity contribution is 0.182. The van der Waals surface area contributed by atoms with Gasteiger partial charge in [-0.05, 0) is 32.9 Å².